The summed E-state index contributed by atoms with van der Waals surface area (Å²) in [6.45, 7) is 18.2. The minimum Gasteiger partial charge on any atom is -0.491 e. The van der Waals surface area contributed by atoms with Crippen molar-refractivity contribution in [2.24, 2.45) is 11.3 Å². The Morgan fingerprint density at radius 3 is 1.93 bits per heavy atom. The fourth-order valence-electron chi connectivity index (χ4n) is 5.31. The Kier molecular flexibility index (Phi) is 9.56. The number of carbonyl (C=O) groups is 2. The van der Waals surface area contributed by atoms with Gasteiger partial charge in [-0.2, -0.15) is 0 Å². The van der Waals surface area contributed by atoms with Gasteiger partial charge in [-0.3, -0.25) is 0 Å². The van der Waals surface area contributed by atoms with Crippen LogP contribution in [0, 0.1) is 11.3 Å². The highest BCUT2D eigenvalue weighted by Gasteiger charge is 2.53. The van der Waals surface area contributed by atoms with E-state index < -0.39 is 11.9 Å². The molecule has 0 saturated heterocycles. The Morgan fingerprint density at radius 1 is 0.805 bits per heavy atom. The molecular weight excluding hydrogens is 524 g/mol. The number of rotatable bonds is 17. The fourth-order valence-corrected chi connectivity index (χ4v) is 5.31. The first kappa shape index (κ1) is 30.3. The molecule has 0 amide bonds. The van der Waals surface area contributed by atoms with Crippen molar-refractivity contribution in [2.75, 3.05) is 39.6 Å². The molecule has 0 saturated carbocycles. The van der Waals surface area contributed by atoms with Crippen LogP contribution in [0.1, 0.15) is 34.6 Å². The highest BCUT2D eigenvalue weighted by Crippen LogP contribution is 2.62. The molecule has 0 aromatic carbocycles. The average molecular weight is 565 g/mol. The zero-order valence-corrected chi connectivity index (χ0v) is 24.6. The molecule has 0 aliphatic heterocycles. The maximum absolute atomic E-state index is 11.5. The normalized spacial score (nSPS) is 23.0. The van der Waals surface area contributed by atoms with Crippen LogP contribution in [-0.2, 0) is 38.0 Å². The topological polar surface area (TPSA) is 89.5 Å². The zero-order chi connectivity index (χ0) is 29.7. The van der Waals surface area contributed by atoms with Gasteiger partial charge in [-0.05, 0) is 51.0 Å². The Labute approximate surface area is 242 Å². The molecule has 41 heavy (non-hydrogen) atoms. The summed E-state index contributed by atoms with van der Waals surface area (Å²) in [7, 11) is 0. The summed E-state index contributed by atoms with van der Waals surface area (Å²) in [5.74, 6) is 1.03. The third kappa shape index (κ3) is 6.66. The van der Waals surface area contributed by atoms with Crippen LogP contribution in [0.3, 0.4) is 0 Å². The SMILES string of the molecule is C=C(C)C(=O)OCCOC(C)COC1=CC2=CC=C1C2C1(C)C2=CC=C1C(OCC(C)OCCOC(=O)C(=C)C)=C2. The first-order valence-corrected chi connectivity index (χ1v) is 13.9. The van der Waals surface area contributed by atoms with Crippen molar-refractivity contribution in [2.45, 2.75) is 46.8 Å². The predicted molar refractivity (Wildman–Crippen MR) is 154 cm³/mol. The monoisotopic (exact) mass is 564 g/mol. The second-order valence-electron chi connectivity index (χ2n) is 11.0. The van der Waals surface area contributed by atoms with Crippen molar-refractivity contribution in [1.29, 1.82) is 0 Å². The molecule has 0 radical (unpaired) electrons. The summed E-state index contributed by atoms with van der Waals surface area (Å²) in [4.78, 5) is 23.0. The lowest BCUT2D eigenvalue weighted by Gasteiger charge is -2.33. The van der Waals surface area contributed by atoms with Crippen molar-refractivity contribution in [3.8, 4) is 0 Å². The number of ether oxygens (including phenoxy) is 6. The van der Waals surface area contributed by atoms with Crippen molar-refractivity contribution < 1.29 is 38.0 Å². The Balaban J connectivity index is 1.23. The molecule has 8 nitrogen and oxygen atoms in total. The van der Waals surface area contributed by atoms with E-state index in [-0.39, 0.29) is 36.8 Å². The standard InChI is InChI=1S/C33H40O8/c1-20(2)31(34)38-14-12-36-22(5)18-40-28-16-24-8-10-26(28)30(24)33(7)25-9-11-27(33)29(17-25)41-19-23(6)37-13-15-39-32(35)21(3)4/h8-11,16-17,22-23,30H,1,3,12-15,18-19H2,2,4-7H3. The largest absolute Gasteiger partial charge is 0.491 e. The van der Waals surface area contributed by atoms with Crippen molar-refractivity contribution >= 4 is 11.9 Å². The molecule has 0 heterocycles. The number of fused-ring (bicyclic) bond motifs is 5. The number of esters is 2. The first-order valence-electron chi connectivity index (χ1n) is 13.9. The second-order valence-corrected chi connectivity index (χ2v) is 11.0. The third-order valence-electron chi connectivity index (χ3n) is 7.48. The van der Waals surface area contributed by atoms with Crippen molar-refractivity contribution in [3.63, 3.8) is 0 Å². The number of hydrogen-bond acceptors (Lipinski definition) is 8. The molecule has 0 N–H and O–H groups in total. The molecular formula is C33H40O8. The van der Waals surface area contributed by atoms with Crippen molar-refractivity contribution in [1.82, 2.24) is 0 Å². The summed E-state index contributed by atoms with van der Waals surface area (Å²) in [5.41, 5.74) is 5.21. The quantitative estimate of drug-likeness (QED) is 0.135. The van der Waals surface area contributed by atoms with Gasteiger partial charge in [0.15, 0.2) is 0 Å². The molecule has 4 rings (SSSR count). The van der Waals surface area contributed by atoms with Crippen LogP contribution >= 0.6 is 0 Å². The Hall–Kier alpha value is -3.62. The average Bonchev–Trinajstić information content (AvgIpc) is 3.67. The minimum atomic E-state index is -0.417. The van der Waals surface area contributed by atoms with Gasteiger partial charge >= 0.3 is 11.9 Å². The van der Waals surface area contributed by atoms with Gasteiger partial charge in [0.25, 0.3) is 0 Å². The summed E-state index contributed by atoms with van der Waals surface area (Å²) in [5, 5.41) is 0. The van der Waals surface area contributed by atoms with Gasteiger partial charge in [0.2, 0.25) is 0 Å². The van der Waals surface area contributed by atoms with E-state index in [1.54, 1.807) is 13.8 Å². The molecule has 0 aromatic heterocycles. The maximum Gasteiger partial charge on any atom is 0.333 e. The van der Waals surface area contributed by atoms with E-state index in [1.807, 2.05) is 13.8 Å². The lowest BCUT2D eigenvalue weighted by Crippen LogP contribution is -2.28. The molecule has 4 unspecified atom stereocenters. The minimum absolute atomic E-state index is 0.143. The maximum atomic E-state index is 11.5. The van der Waals surface area contributed by atoms with Crippen LogP contribution in [0.25, 0.3) is 0 Å². The molecule has 4 atom stereocenters. The van der Waals surface area contributed by atoms with Crippen LogP contribution in [0.15, 0.2) is 94.6 Å². The van der Waals surface area contributed by atoms with Crippen LogP contribution < -0.4 is 0 Å². The van der Waals surface area contributed by atoms with E-state index in [9.17, 15) is 9.59 Å². The van der Waals surface area contributed by atoms with Gasteiger partial charge in [-0.25, -0.2) is 9.59 Å². The summed E-state index contributed by atoms with van der Waals surface area (Å²) >= 11 is 0. The van der Waals surface area contributed by atoms with Gasteiger partial charge in [0.1, 0.15) is 37.9 Å². The molecule has 0 aromatic rings. The van der Waals surface area contributed by atoms with E-state index >= 15 is 0 Å². The van der Waals surface area contributed by atoms with Gasteiger partial charge < -0.3 is 28.4 Å². The van der Waals surface area contributed by atoms with Crippen LogP contribution in [0.5, 0.6) is 0 Å². The molecule has 0 fully saturated rings. The first-order chi connectivity index (χ1) is 19.5. The lowest BCUT2D eigenvalue weighted by molar-refractivity contribution is -0.142. The Morgan fingerprint density at radius 2 is 1.37 bits per heavy atom. The van der Waals surface area contributed by atoms with Crippen LogP contribution in [0.4, 0.5) is 0 Å². The molecule has 4 aliphatic carbocycles. The number of hydrogen-bond donors (Lipinski definition) is 0. The van der Waals surface area contributed by atoms with E-state index in [2.05, 4.69) is 56.5 Å². The molecule has 8 heteroatoms. The fraction of sp³-hybridized carbons (Fsp3) is 0.455. The molecule has 4 aliphatic rings. The summed E-state index contributed by atoms with van der Waals surface area (Å²) < 4.78 is 34.0. The van der Waals surface area contributed by atoms with Gasteiger partial charge in [0, 0.05) is 33.6 Å². The van der Waals surface area contributed by atoms with Crippen LogP contribution in [-0.4, -0.2) is 63.8 Å². The highest BCUT2D eigenvalue weighted by molar-refractivity contribution is 5.87. The third-order valence-corrected chi connectivity index (χ3v) is 7.48. The highest BCUT2D eigenvalue weighted by atomic mass is 16.6. The molecule has 220 valence electrons. The zero-order valence-electron chi connectivity index (χ0n) is 24.6. The van der Waals surface area contributed by atoms with Gasteiger partial charge in [0.05, 0.1) is 25.4 Å². The number of carbonyl (C=O) groups excluding carboxylic acids is 2. The molecule has 0 spiro atoms. The van der Waals surface area contributed by atoms with E-state index in [0.29, 0.717) is 37.6 Å². The second kappa shape index (κ2) is 12.9. The summed E-state index contributed by atoms with van der Waals surface area (Å²) in [6.07, 6.45) is 12.5. The van der Waals surface area contributed by atoms with E-state index in [0.717, 1.165) is 22.7 Å². The summed E-state index contributed by atoms with van der Waals surface area (Å²) in [6, 6.07) is 0. The smallest absolute Gasteiger partial charge is 0.333 e. The van der Waals surface area contributed by atoms with E-state index in [1.165, 1.54) is 11.1 Å². The van der Waals surface area contributed by atoms with Gasteiger partial charge in [-0.1, -0.05) is 44.4 Å². The Bertz CT molecular complexity index is 1290. The van der Waals surface area contributed by atoms with Gasteiger partial charge in [-0.15, -0.1) is 0 Å². The lowest BCUT2D eigenvalue weighted by atomic mass is 9.69. The van der Waals surface area contributed by atoms with E-state index in [4.69, 9.17) is 28.4 Å². The molecule has 4 bridgehead atoms. The van der Waals surface area contributed by atoms with Crippen molar-refractivity contribution in [3.05, 3.63) is 94.6 Å². The predicted octanol–water partition coefficient (Wildman–Crippen LogP) is 5.22. The number of allylic oxidation sites excluding steroid dienone is 10. The van der Waals surface area contributed by atoms with Crippen LogP contribution in [0.2, 0.25) is 0 Å².